The van der Waals surface area contributed by atoms with Gasteiger partial charge in [0.2, 0.25) is 0 Å². The van der Waals surface area contributed by atoms with Gasteiger partial charge in [-0.2, -0.15) is 0 Å². The van der Waals surface area contributed by atoms with Crippen LogP contribution in [0.5, 0.6) is 5.75 Å². The van der Waals surface area contributed by atoms with Gasteiger partial charge in [0, 0.05) is 17.6 Å². The monoisotopic (exact) mass is 464 g/mol. The highest BCUT2D eigenvalue weighted by Gasteiger charge is 2.36. The molecule has 1 fully saturated rings. The second kappa shape index (κ2) is 8.07. The van der Waals surface area contributed by atoms with E-state index in [1.807, 2.05) is 49.4 Å². The predicted molar refractivity (Wildman–Crippen MR) is 127 cm³/mol. The number of benzene rings is 2. The molecule has 1 aliphatic rings. The van der Waals surface area contributed by atoms with E-state index in [4.69, 9.17) is 21.3 Å². The summed E-state index contributed by atoms with van der Waals surface area (Å²) in [6.45, 7) is 6.52. The van der Waals surface area contributed by atoms with Crippen LogP contribution in [0.25, 0.3) is 21.5 Å². The first-order valence-electron chi connectivity index (χ1n) is 10.2. The van der Waals surface area contributed by atoms with Crippen molar-refractivity contribution in [2.24, 2.45) is 0 Å². The molecule has 4 aromatic rings. The van der Waals surface area contributed by atoms with Crippen molar-refractivity contribution < 1.29 is 9.53 Å². The minimum Gasteiger partial charge on any atom is -0.497 e. The Morgan fingerprint density at radius 3 is 2.91 bits per heavy atom. The molecule has 0 radical (unpaired) electrons. The summed E-state index contributed by atoms with van der Waals surface area (Å²) in [6.07, 6.45) is 0.651. The average molecular weight is 465 g/mol. The lowest BCUT2D eigenvalue weighted by Crippen LogP contribution is -2.31. The molecule has 162 valence electrons. The number of thiazole rings is 1. The second-order valence-electron chi connectivity index (χ2n) is 7.83. The van der Waals surface area contributed by atoms with Crippen LogP contribution in [0, 0.1) is 6.92 Å². The topological polar surface area (TPSA) is 71.1 Å². The van der Waals surface area contributed by atoms with Gasteiger partial charge in [0.05, 0.1) is 34.1 Å². The quantitative estimate of drug-likeness (QED) is 0.387. The number of carbonyl (C=O) groups is 1. The Hall–Kier alpha value is -3.16. The first kappa shape index (κ1) is 20.7. The Bertz CT molecular complexity index is 1360. The fourth-order valence-electron chi connectivity index (χ4n) is 4.08. The molecule has 8 heteroatoms. The summed E-state index contributed by atoms with van der Waals surface area (Å²) in [5, 5.41) is 1.45. The van der Waals surface area contributed by atoms with Gasteiger partial charge >= 0.3 is 0 Å². The lowest BCUT2D eigenvalue weighted by molar-refractivity contribution is 0.0728. The predicted octanol–water partition coefficient (Wildman–Crippen LogP) is 5.80. The number of likely N-dealkylation sites (tertiary alicyclic amines) is 1. The summed E-state index contributed by atoms with van der Waals surface area (Å²) < 4.78 is 5.31. The van der Waals surface area contributed by atoms with Crippen molar-refractivity contribution in [1.82, 2.24) is 19.9 Å². The van der Waals surface area contributed by atoms with Gasteiger partial charge in [-0.05, 0) is 43.2 Å². The average Bonchev–Trinajstić information content (AvgIpc) is 3.48. The first-order valence-corrected chi connectivity index (χ1v) is 11.4. The molecule has 3 heterocycles. The molecule has 2 aromatic heterocycles. The fourth-order valence-corrected chi connectivity index (χ4v) is 5.18. The number of aryl methyl sites for hydroxylation is 1. The van der Waals surface area contributed by atoms with E-state index in [0.29, 0.717) is 23.7 Å². The van der Waals surface area contributed by atoms with Crippen molar-refractivity contribution in [1.29, 1.82) is 0 Å². The van der Waals surface area contributed by atoms with E-state index in [-0.39, 0.29) is 11.9 Å². The Labute approximate surface area is 194 Å². The largest absolute Gasteiger partial charge is 0.497 e. The number of aromatic nitrogens is 3. The fraction of sp³-hybridized carbons (Fsp3) is 0.208. The number of rotatable bonds is 4. The maximum absolute atomic E-state index is 13.7. The standard InChI is InChI=1S/C24H21ClN4O2S/c1-13-9-20(23-27-18-8-7-17(31-3)11-19(18)28-23)29(12-13)24(30)21-22(32-14(2)26-21)15-5-4-6-16(25)10-15/h4-8,10-11,20H,1,9,12H2,2-3H3,(H,27,28). The number of amides is 1. The zero-order chi connectivity index (χ0) is 22.4. The number of hydrogen-bond acceptors (Lipinski definition) is 5. The van der Waals surface area contributed by atoms with Crippen LogP contribution in [0.1, 0.15) is 33.8 Å². The highest BCUT2D eigenvalue weighted by molar-refractivity contribution is 7.15. The van der Waals surface area contributed by atoms with Crippen LogP contribution in [-0.2, 0) is 0 Å². The Morgan fingerprint density at radius 2 is 2.12 bits per heavy atom. The maximum atomic E-state index is 13.7. The normalized spacial score (nSPS) is 16.2. The van der Waals surface area contributed by atoms with Crippen LogP contribution in [0.2, 0.25) is 5.02 Å². The molecule has 1 unspecified atom stereocenters. The number of H-pyrrole nitrogens is 1. The molecule has 1 saturated heterocycles. The molecule has 32 heavy (non-hydrogen) atoms. The van der Waals surface area contributed by atoms with Gasteiger partial charge in [-0.1, -0.05) is 35.9 Å². The minimum absolute atomic E-state index is 0.133. The van der Waals surface area contributed by atoms with Crippen LogP contribution in [0.15, 0.2) is 54.6 Å². The van der Waals surface area contributed by atoms with Gasteiger partial charge in [-0.15, -0.1) is 11.3 Å². The first-order chi connectivity index (χ1) is 15.4. The number of halogens is 1. The Balaban J connectivity index is 1.53. The number of carbonyl (C=O) groups excluding carboxylic acids is 1. The van der Waals surface area contributed by atoms with Crippen LogP contribution < -0.4 is 4.74 Å². The van der Waals surface area contributed by atoms with Crippen molar-refractivity contribution in [2.45, 2.75) is 19.4 Å². The number of methoxy groups -OCH3 is 1. The van der Waals surface area contributed by atoms with Crippen molar-refractivity contribution in [3.63, 3.8) is 0 Å². The van der Waals surface area contributed by atoms with Crippen molar-refractivity contribution >= 4 is 39.9 Å². The molecule has 0 saturated carbocycles. The van der Waals surface area contributed by atoms with Gasteiger partial charge in [-0.3, -0.25) is 4.79 Å². The van der Waals surface area contributed by atoms with E-state index in [2.05, 4.69) is 16.5 Å². The molecule has 1 aliphatic heterocycles. The number of nitrogens with one attached hydrogen (secondary N) is 1. The molecule has 0 aliphatic carbocycles. The number of aromatic amines is 1. The minimum atomic E-state index is -0.234. The lowest BCUT2D eigenvalue weighted by Gasteiger charge is -2.22. The Morgan fingerprint density at radius 1 is 1.28 bits per heavy atom. The summed E-state index contributed by atoms with van der Waals surface area (Å²) in [5.41, 5.74) is 4.00. The van der Waals surface area contributed by atoms with Crippen LogP contribution in [0.3, 0.4) is 0 Å². The van der Waals surface area contributed by atoms with Gasteiger partial charge < -0.3 is 14.6 Å². The SMILES string of the molecule is C=C1CC(c2nc3ccc(OC)cc3[nH]2)N(C(=O)c2nc(C)sc2-c2cccc(Cl)c2)C1. The molecule has 2 aromatic carbocycles. The van der Waals surface area contributed by atoms with E-state index in [0.717, 1.165) is 43.6 Å². The van der Waals surface area contributed by atoms with Crippen molar-refractivity contribution in [3.8, 4) is 16.2 Å². The third kappa shape index (κ3) is 3.67. The molecule has 0 bridgehead atoms. The molecular formula is C24H21ClN4O2S. The number of hydrogen-bond donors (Lipinski definition) is 1. The third-order valence-electron chi connectivity index (χ3n) is 5.56. The van der Waals surface area contributed by atoms with Gasteiger partial charge in [0.1, 0.15) is 17.3 Å². The molecule has 1 atom stereocenters. The zero-order valence-electron chi connectivity index (χ0n) is 17.7. The van der Waals surface area contributed by atoms with Crippen molar-refractivity contribution in [2.75, 3.05) is 13.7 Å². The summed E-state index contributed by atoms with van der Waals surface area (Å²) >= 11 is 7.69. The number of ether oxygens (including phenoxy) is 1. The van der Waals surface area contributed by atoms with Crippen LogP contribution in [0.4, 0.5) is 0 Å². The smallest absolute Gasteiger partial charge is 0.274 e. The summed E-state index contributed by atoms with van der Waals surface area (Å²) in [7, 11) is 1.63. The highest BCUT2D eigenvalue weighted by Crippen LogP contribution is 2.38. The number of fused-ring (bicyclic) bond motifs is 1. The van der Waals surface area contributed by atoms with Crippen LogP contribution in [-0.4, -0.2) is 39.4 Å². The highest BCUT2D eigenvalue weighted by atomic mass is 35.5. The summed E-state index contributed by atoms with van der Waals surface area (Å²) in [4.78, 5) is 29.0. The maximum Gasteiger partial charge on any atom is 0.274 e. The van der Waals surface area contributed by atoms with Crippen LogP contribution >= 0.6 is 22.9 Å². The van der Waals surface area contributed by atoms with E-state index in [1.165, 1.54) is 11.3 Å². The molecule has 0 spiro atoms. The van der Waals surface area contributed by atoms with Gasteiger partial charge in [0.25, 0.3) is 5.91 Å². The lowest BCUT2D eigenvalue weighted by atomic mass is 10.1. The molecular weight excluding hydrogens is 444 g/mol. The summed E-state index contributed by atoms with van der Waals surface area (Å²) in [5.74, 6) is 1.35. The molecule has 6 nitrogen and oxygen atoms in total. The van der Waals surface area contributed by atoms with E-state index < -0.39 is 0 Å². The second-order valence-corrected chi connectivity index (χ2v) is 9.47. The van der Waals surface area contributed by atoms with E-state index in [9.17, 15) is 4.79 Å². The third-order valence-corrected chi connectivity index (χ3v) is 6.81. The molecule has 1 amide bonds. The number of imidazole rings is 1. The van der Waals surface area contributed by atoms with E-state index in [1.54, 1.807) is 12.0 Å². The van der Waals surface area contributed by atoms with Gasteiger partial charge in [0.15, 0.2) is 0 Å². The van der Waals surface area contributed by atoms with E-state index >= 15 is 0 Å². The summed E-state index contributed by atoms with van der Waals surface area (Å²) in [6, 6.07) is 13.0. The molecule has 1 N–H and O–H groups in total. The molecule has 5 rings (SSSR count). The zero-order valence-corrected chi connectivity index (χ0v) is 19.3. The van der Waals surface area contributed by atoms with Gasteiger partial charge in [-0.25, -0.2) is 9.97 Å². The van der Waals surface area contributed by atoms with Crippen molar-refractivity contribution in [3.05, 3.63) is 76.2 Å². The Kier molecular flexibility index (Phi) is 5.23. The number of nitrogens with zero attached hydrogens (tertiary/aromatic N) is 3.